The Kier molecular flexibility index (Phi) is 4.61. The van der Waals surface area contributed by atoms with Crippen LogP contribution in [0.3, 0.4) is 0 Å². The van der Waals surface area contributed by atoms with Crippen molar-refractivity contribution in [2.24, 2.45) is 0 Å². The summed E-state index contributed by atoms with van der Waals surface area (Å²) in [4.78, 5) is 14.2. The molecule has 118 valence electrons. The van der Waals surface area contributed by atoms with Crippen LogP contribution in [0.15, 0.2) is 30.5 Å². The monoisotopic (exact) mass is 305 g/mol. The summed E-state index contributed by atoms with van der Waals surface area (Å²) < 4.78 is 13.9. The van der Waals surface area contributed by atoms with Crippen molar-refractivity contribution < 1.29 is 14.3 Å². The number of benzene rings is 1. The van der Waals surface area contributed by atoms with Gasteiger partial charge in [-0.05, 0) is 32.9 Å². The molecule has 0 spiro atoms. The van der Waals surface area contributed by atoms with Crippen LogP contribution >= 0.6 is 0 Å². The smallest absolute Gasteiger partial charge is 0.257 e. The summed E-state index contributed by atoms with van der Waals surface area (Å²) >= 11 is 0. The minimum absolute atomic E-state index is 0.185. The SMILES string of the molecule is CCN(CC(C)(C)O)C(=O)c1cn[nH]c1-c1ccccc1F. The van der Waals surface area contributed by atoms with Gasteiger partial charge in [0.25, 0.3) is 5.91 Å². The van der Waals surface area contributed by atoms with E-state index in [1.165, 1.54) is 17.2 Å². The molecule has 0 unspecified atom stereocenters. The molecule has 22 heavy (non-hydrogen) atoms. The molecule has 0 fully saturated rings. The van der Waals surface area contributed by atoms with Crippen LogP contribution in [0.2, 0.25) is 0 Å². The molecule has 2 rings (SSSR count). The number of rotatable bonds is 5. The number of halogens is 1. The summed E-state index contributed by atoms with van der Waals surface area (Å²) in [6.07, 6.45) is 1.39. The Hall–Kier alpha value is -2.21. The second-order valence-electron chi connectivity index (χ2n) is 5.77. The number of aromatic amines is 1. The van der Waals surface area contributed by atoms with Crippen LogP contribution < -0.4 is 0 Å². The maximum Gasteiger partial charge on any atom is 0.257 e. The van der Waals surface area contributed by atoms with Gasteiger partial charge in [0.1, 0.15) is 5.82 Å². The van der Waals surface area contributed by atoms with E-state index < -0.39 is 11.4 Å². The van der Waals surface area contributed by atoms with Gasteiger partial charge in [0.2, 0.25) is 0 Å². The predicted octanol–water partition coefficient (Wildman–Crippen LogP) is 2.45. The highest BCUT2D eigenvalue weighted by atomic mass is 19.1. The topological polar surface area (TPSA) is 69.2 Å². The number of H-pyrrole nitrogens is 1. The summed E-state index contributed by atoms with van der Waals surface area (Å²) in [5.74, 6) is -0.719. The van der Waals surface area contributed by atoms with Crippen molar-refractivity contribution in [3.05, 3.63) is 41.8 Å². The number of carbonyl (C=O) groups is 1. The average molecular weight is 305 g/mol. The molecule has 0 saturated carbocycles. The molecule has 1 amide bonds. The Morgan fingerprint density at radius 2 is 2.09 bits per heavy atom. The van der Waals surface area contributed by atoms with Crippen LogP contribution in [-0.4, -0.2) is 44.8 Å². The second-order valence-corrected chi connectivity index (χ2v) is 5.77. The third kappa shape index (κ3) is 3.51. The molecule has 0 bridgehead atoms. The minimum Gasteiger partial charge on any atom is -0.389 e. The van der Waals surface area contributed by atoms with Crippen molar-refractivity contribution in [3.8, 4) is 11.3 Å². The zero-order chi connectivity index (χ0) is 16.3. The number of nitrogens with zero attached hydrogens (tertiary/aromatic N) is 2. The number of hydrogen-bond donors (Lipinski definition) is 2. The highest BCUT2D eigenvalue weighted by molar-refractivity contribution is 5.99. The number of hydrogen-bond acceptors (Lipinski definition) is 3. The van der Waals surface area contributed by atoms with Crippen LogP contribution in [0.4, 0.5) is 4.39 Å². The molecule has 0 aliphatic heterocycles. The molecule has 2 N–H and O–H groups in total. The quantitative estimate of drug-likeness (QED) is 0.891. The van der Waals surface area contributed by atoms with Gasteiger partial charge in [-0.15, -0.1) is 0 Å². The Balaban J connectivity index is 2.36. The Labute approximate surface area is 128 Å². The first-order valence-electron chi connectivity index (χ1n) is 7.13. The lowest BCUT2D eigenvalue weighted by Crippen LogP contribution is -2.42. The molecule has 0 aliphatic rings. The van der Waals surface area contributed by atoms with Gasteiger partial charge in [-0.1, -0.05) is 12.1 Å². The maximum absolute atomic E-state index is 13.9. The first-order valence-corrected chi connectivity index (χ1v) is 7.13. The molecule has 1 aromatic carbocycles. The number of aliphatic hydroxyl groups is 1. The molecule has 0 radical (unpaired) electrons. The van der Waals surface area contributed by atoms with Crippen LogP contribution in [0, 0.1) is 5.82 Å². The van der Waals surface area contributed by atoms with E-state index in [0.717, 1.165) is 0 Å². The van der Waals surface area contributed by atoms with Crippen LogP contribution in [-0.2, 0) is 0 Å². The fraction of sp³-hybridized carbons (Fsp3) is 0.375. The first kappa shape index (κ1) is 16.2. The molecule has 2 aromatic rings. The molecule has 1 aromatic heterocycles. The number of likely N-dealkylation sites (N-methyl/N-ethyl adjacent to an activating group) is 1. The number of amides is 1. The summed E-state index contributed by atoms with van der Waals surface area (Å²) in [5, 5.41) is 16.5. The van der Waals surface area contributed by atoms with Gasteiger partial charge >= 0.3 is 0 Å². The van der Waals surface area contributed by atoms with Gasteiger partial charge in [0.15, 0.2) is 0 Å². The van der Waals surface area contributed by atoms with Gasteiger partial charge in [-0.3, -0.25) is 9.89 Å². The normalized spacial score (nSPS) is 11.5. The van der Waals surface area contributed by atoms with Crippen molar-refractivity contribution in [2.75, 3.05) is 13.1 Å². The van der Waals surface area contributed by atoms with Crippen molar-refractivity contribution in [3.63, 3.8) is 0 Å². The lowest BCUT2D eigenvalue weighted by atomic mass is 10.1. The molecule has 0 aliphatic carbocycles. The van der Waals surface area contributed by atoms with Crippen molar-refractivity contribution in [1.29, 1.82) is 0 Å². The third-order valence-corrected chi connectivity index (χ3v) is 3.26. The number of nitrogens with one attached hydrogen (secondary N) is 1. The van der Waals surface area contributed by atoms with Gasteiger partial charge in [0.05, 0.1) is 23.1 Å². The first-order chi connectivity index (χ1) is 10.3. The van der Waals surface area contributed by atoms with Crippen molar-refractivity contribution >= 4 is 5.91 Å². The van der Waals surface area contributed by atoms with E-state index in [-0.39, 0.29) is 18.0 Å². The fourth-order valence-corrected chi connectivity index (χ4v) is 2.28. The number of carbonyl (C=O) groups excluding carboxylic acids is 1. The molecule has 0 atom stereocenters. The van der Waals surface area contributed by atoms with E-state index in [9.17, 15) is 14.3 Å². The van der Waals surface area contributed by atoms with E-state index in [1.54, 1.807) is 32.0 Å². The largest absolute Gasteiger partial charge is 0.389 e. The van der Waals surface area contributed by atoms with Gasteiger partial charge in [-0.2, -0.15) is 5.10 Å². The van der Waals surface area contributed by atoms with Crippen LogP contribution in [0.5, 0.6) is 0 Å². The lowest BCUT2D eigenvalue weighted by molar-refractivity contribution is 0.0315. The maximum atomic E-state index is 13.9. The Bertz CT molecular complexity index is 661. The van der Waals surface area contributed by atoms with E-state index in [0.29, 0.717) is 17.8 Å². The summed E-state index contributed by atoms with van der Waals surface area (Å²) in [5.41, 5.74) is -0.0794. The molecule has 1 heterocycles. The van der Waals surface area contributed by atoms with Crippen LogP contribution in [0.1, 0.15) is 31.1 Å². The Morgan fingerprint density at radius 3 is 2.68 bits per heavy atom. The van der Waals surface area contributed by atoms with Crippen LogP contribution in [0.25, 0.3) is 11.3 Å². The average Bonchev–Trinajstić information content (AvgIpc) is 2.92. The standard InChI is InChI=1S/C16H20FN3O2/c1-4-20(10-16(2,3)22)15(21)12-9-18-19-14(12)11-7-5-6-8-13(11)17/h5-9,22H,4,10H2,1-3H3,(H,18,19). The number of aromatic nitrogens is 2. The zero-order valence-electron chi connectivity index (χ0n) is 12.9. The molecule has 5 nitrogen and oxygen atoms in total. The highest BCUT2D eigenvalue weighted by Crippen LogP contribution is 2.25. The summed E-state index contributed by atoms with van der Waals surface area (Å²) in [7, 11) is 0. The molecular weight excluding hydrogens is 285 g/mol. The molecule has 0 saturated heterocycles. The zero-order valence-corrected chi connectivity index (χ0v) is 12.9. The van der Waals surface area contributed by atoms with Gasteiger partial charge < -0.3 is 10.0 Å². The van der Waals surface area contributed by atoms with Gasteiger partial charge in [0, 0.05) is 18.7 Å². The third-order valence-electron chi connectivity index (χ3n) is 3.26. The second kappa shape index (κ2) is 6.27. The summed E-state index contributed by atoms with van der Waals surface area (Å²) in [6, 6.07) is 6.20. The predicted molar refractivity (Wildman–Crippen MR) is 81.9 cm³/mol. The molecular formula is C16H20FN3O2. The van der Waals surface area contributed by atoms with E-state index in [2.05, 4.69) is 10.2 Å². The summed E-state index contributed by atoms with van der Waals surface area (Å²) in [6.45, 7) is 5.72. The van der Waals surface area contributed by atoms with Gasteiger partial charge in [-0.25, -0.2) is 4.39 Å². The highest BCUT2D eigenvalue weighted by Gasteiger charge is 2.25. The van der Waals surface area contributed by atoms with E-state index in [4.69, 9.17) is 0 Å². The minimum atomic E-state index is -1.01. The Morgan fingerprint density at radius 1 is 1.41 bits per heavy atom. The fourth-order valence-electron chi connectivity index (χ4n) is 2.28. The van der Waals surface area contributed by atoms with E-state index >= 15 is 0 Å². The van der Waals surface area contributed by atoms with Crippen molar-refractivity contribution in [2.45, 2.75) is 26.4 Å². The lowest BCUT2D eigenvalue weighted by Gasteiger charge is -2.28. The molecule has 6 heteroatoms. The van der Waals surface area contributed by atoms with Crippen molar-refractivity contribution in [1.82, 2.24) is 15.1 Å². The van der Waals surface area contributed by atoms with E-state index in [1.807, 2.05) is 6.92 Å².